The lowest BCUT2D eigenvalue weighted by Crippen LogP contribution is -2.21. The minimum absolute atomic E-state index is 0.436. The molecule has 0 saturated heterocycles. The summed E-state index contributed by atoms with van der Waals surface area (Å²) in [7, 11) is 3.65. The van der Waals surface area contributed by atoms with Crippen molar-refractivity contribution in [2.24, 2.45) is 5.41 Å². The van der Waals surface area contributed by atoms with E-state index in [9.17, 15) is 9.18 Å². The number of carbonyl (C=O) groups excluding carboxylic acids is 1. The van der Waals surface area contributed by atoms with E-state index in [0.29, 0.717) is 6.54 Å². The number of ketones is 1. The summed E-state index contributed by atoms with van der Waals surface area (Å²) < 4.78 is 13.1. The van der Waals surface area contributed by atoms with E-state index in [0.717, 1.165) is 0 Å². The van der Waals surface area contributed by atoms with Crippen molar-refractivity contribution < 1.29 is 9.18 Å². The number of hydrogen-bond donors (Lipinski definition) is 0. The van der Waals surface area contributed by atoms with Crippen molar-refractivity contribution in [2.45, 2.75) is 20.8 Å². The normalized spacial score (nSPS) is 13.6. The number of rotatable bonds is 3. The molecule has 0 aliphatic carbocycles. The van der Waals surface area contributed by atoms with Gasteiger partial charge in [0.1, 0.15) is 0 Å². The average Bonchev–Trinajstić information content (AvgIpc) is 1.96. The maximum atomic E-state index is 13.1. The summed E-state index contributed by atoms with van der Waals surface area (Å²) in [6, 6.07) is 0. The number of allylic oxidation sites excluding steroid dienone is 1. The number of nitrogens with zero attached hydrogens (tertiary/aromatic N) is 1. The maximum Gasteiger partial charge on any atom is 0.196 e. The summed E-state index contributed by atoms with van der Waals surface area (Å²) in [4.78, 5) is 13.1. The van der Waals surface area contributed by atoms with Crippen LogP contribution in [0.25, 0.3) is 0 Å². The van der Waals surface area contributed by atoms with E-state index in [4.69, 9.17) is 0 Å². The molecule has 0 unspecified atom stereocenters. The third-order valence-electron chi connectivity index (χ3n) is 1.53. The Kier molecular flexibility index (Phi) is 4.27. The molecule has 0 spiro atoms. The molecule has 0 aromatic rings. The van der Waals surface area contributed by atoms with Gasteiger partial charge in [0.2, 0.25) is 0 Å². The largest absolute Gasteiger partial charge is 0.306 e. The molecule has 0 aromatic carbocycles. The van der Waals surface area contributed by atoms with Gasteiger partial charge in [0.15, 0.2) is 11.6 Å². The van der Waals surface area contributed by atoms with E-state index in [1.165, 1.54) is 6.08 Å². The Hall–Kier alpha value is -0.700. The van der Waals surface area contributed by atoms with Crippen LogP contribution >= 0.6 is 0 Å². The van der Waals surface area contributed by atoms with Crippen molar-refractivity contribution >= 4 is 5.78 Å². The van der Waals surface area contributed by atoms with Gasteiger partial charge in [-0.25, -0.2) is 4.39 Å². The molecule has 76 valence electrons. The standard InChI is InChI=1S/C10H18FNO/c1-10(2,3)9(13)8(11)6-7-12(4)5/h6H,7H2,1-5H3/b8-6-. The molecule has 0 N–H and O–H groups in total. The minimum atomic E-state index is -0.638. The zero-order valence-corrected chi connectivity index (χ0v) is 9.02. The Morgan fingerprint density at radius 1 is 1.38 bits per heavy atom. The van der Waals surface area contributed by atoms with E-state index >= 15 is 0 Å². The van der Waals surface area contributed by atoms with Crippen LogP contribution < -0.4 is 0 Å². The van der Waals surface area contributed by atoms with Crippen molar-refractivity contribution in [1.82, 2.24) is 4.90 Å². The highest BCUT2D eigenvalue weighted by atomic mass is 19.1. The summed E-state index contributed by atoms with van der Waals surface area (Å²) in [6.07, 6.45) is 1.31. The molecule has 0 aliphatic heterocycles. The van der Waals surface area contributed by atoms with Crippen LogP contribution in [0.15, 0.2) is 11.9 Å². The molecule has 0 amide bonds. The molecule has 0 radical (unpaired) electrons. The Morgan fingerprint density at radius 2 is 1.85 bits per heavy atom. The summed E-state index contributed by atoms with van der Waals surface area (Å²) in [5.41, 5.74) is -0.632. The van der Waals surface area contributed by atoms with Crippen molar-refractivity contribution in [3.05, 3.63) is 11.9 Å². The molecular weight excluding hydrogens is 169 g/mol. The molecule has 13 heavy (non-hydrogen) atoms. The van der Waals surface area contributed by atoms with Gasteiger partial charge in [-0.2, -0.15) is 0 Å². The van der Waals surface area contributed by atoms with Crippen LogP contribution in [0.1, 0.15) is 20.8 Å². The first-order valence-corrected chi connectivity index (χ1v) is 4.30. The monoisotopic (exact) mass is 187 g/mol. The molecule has 0 bridgehead atoms. The van der Waals surface area contributed by atoms with E-state index in [1.54, 1.807) is 25.7 Å². The number of halogens is 1. The van der Waals surface area contributed by atoms with Crippen LogP contribution in [0, 0.1) is 5.41 Å². The van der Waals surface area contributed by atoms with Crippen LogP contribution in [0.2, 0.25) is 0 Å². The molecule has 0 aliphatic rings. The average molecular weight is 187 g/mol. The first-order valence-electron chi connectivity index (χ1n) is 4.30. The van der Waals surface area contributed by atoms with Crippen molar-refractivity contribution in [3.63, 3.8) is 0 Å². The van der Waals surface area contributed by atoms with E-state index in [2.05, 4.69) is 0 Å². The van der Waals surface area contributed by atoms with Crippen LogP contribution in [-0.2, 0) is 4.79 Å². The Balaban J connectivity index is 4.35. The highest BCUT2D eigenvalue weighted by molar-refractivity contribution is 5.97. The molecule has 2 nitrogen and oxygen atoms in total. The van der Waals surface area contributed by atoms with Crippen molar-refractivity contribution in [3.8, 4) is 0 Å². The fraction of sp³-hybridized carbons (Fsp3) is 0.700. The molecule has 0 rings (SSSR count). The van der Waals surface area contributed by atoms with Gasteiger partial charge in [-0.05, 0) is 20.2 Å². The van der Waals surface area contributed by atoms with Gasteiger partial charge in [-0.1, -0.05) is 20.8 Å². The van der Waals surface area contributed by atoms with Crippen molar-refractivity contribution in [1.29, 1.82) is 0 Å². The van der Waals surface area contributed by atoms with Gasteiger partial charge in [-0.3, -0.25) is 4.79 Å². The molecule has 0 atom stereocenters. The lowest BCUT2D eigenvalue weighted by atomic mass is 9.90. The predicted octanol–water partition coefficient (Wildman–Crippen LogP) is 2.02. The van der Waals surface area contributed by atoms with Gasteiger partial charge < -0.3 is 4.90 Å². The Labute approximate surface area is 79.4 Å². The van der Waals surface area contributed by atoms with E-state index in [-0.39, 0.29) is 0 Å². The van der Waals surface area contributed by atoms with Crippen molar-refractivity contribution in [2.75, 3.05) is 20.6 Å². The maximum absolute atomic E-state index is 13.1. The van der Waals surface area contributed by atoms with Crippen LogP contribution in [0.5, 0.6) is 0 Å². The fourth-order valence-electron chi connectivity index (χ4n) is 0.714. The quantitative estimate of drug-likeness (QED) is 0.630. The second kappa shape index (κ2) is 4.51. The highest BCUT2D eigenvalue weighted by Gasteiger charge is 2.24. The second-order valence-electron chi connectivity index (χ2n) is 4.39. The summed E-state index contributed by atoms with van der Waals surface area (Å²) in [5.74, 6) is -1.07. The second-order valence-corrected chi connectivity index (χ2v) is 4.39. The Morgan fingerprint density at radius 3 is 2.15 bits per heavy atom. The first-order chi connectivity index (χ1) is 5.75. The lowest BCUT2D eigenvalue weighted by molar-refractivity contribution is -0.123. The third-order valence-corrected chi connectivity index (χ3v) is 1.53. The molecular formula is C10H18FNO. The van der Waals surface area contributed by atoms with Gasteiger partial charge in [0.05, 0.1) is 0 Å². The predicted molar refractivity (Wildman–Crippen MR) is 52.2 cm³/mol. The Bertz CT molecular complexity index is 213. The van der Waals surface area contributed by atoms with Gasteiger partial charge >= 0.3 is 0 Å². The van der Waals surface area contributed by atoms with Gasteiger partial charge in [-0.15, -0.1) is 0 Å². The number of likely N-dealkylation sites (N-methyl/N-ethyl adjacent to an activating group) is 1. The topological polar surface area (TPSA) is 20.3 Å². The van der Waals surface area contributed by atoms with Crippen LogP contribution in [0.3, 0.4) is 0 Å². The summed E-state index contributed by atoms with van der Waals surface area (Å²) in [6.45, 7) is 5.57. The first kappa shape index (κ1) is 12.3. The zero-order chi connectivity index (χ0) is 10.6. The molecule has 0 fully saturated rings. The summed E-state index contributed by atoms with van der Waals surface area (Å²) >= 11 is 0. The van der Waals surface area contributed by atoms with Gasteiger partial charge in [0.25, 0.3) is 0 Å². The minimum Gasteiger partial charge on any atom is -0.306 e. The zero-order valence-electron chi connectivity index (χ0n) is 9.02. The van der Waals surface area contributed by atoms with Crippen LogP contribution in [-0.4, -0.2) is 31.3 Å². The van der Waals surface area contributed by atoms with Gasteiger partial charge in [0, 0.05) is 12.0 Å². The van der Waals surface area contributed by atoms with Crippen LogP contribution in [0.4, 0.5) is 4.39 Å². The summed E-state index contributed by atoms with van der Waals surface area (Å²) in [5, 5.41) is 0. The number of hydrogen-bond acceptors (Lipinski definition) is 2. The molecule has 0 heterocycles. The molecule has 0 aromatic heterocycles. The SMILES string of the molecule is CN(C)C/C=C(\F)C(=O)C(C)(C)C. The van der Waals surface area contributed by atoms with E-state index < -0.39 is 17.0 Å². The highest BCUT2D eigenvalue weighted by Crippen LogP contribution is 2.20. The molecule has 0 saturated carbocycles. The number of Topliss-reactive ketones (excluding diaryl/α,β-unsaturated/α-hetero) is 1. The molecule has 3 heteroatoms. The van der Waals surface area contributed by atoms with E-state index in [1.807, 2.05) is 14.1 Å². The number of carbonyl (C=O) groups is 1. The fourth-order valence-corrected chi connectivity index (χ4v) is 0.714. The third kappa shape index (κ3) is 4.78. The smallest absolute Gasteiger partial charge is 0.196 e. The lowest BCUT2D eigenvalue weighted by Gasteiger charge is -2.15.